The van der Waals surface area contributed by atoms with Crippen LogP contribution in [-0.4, -0.2) is 23.0 Å². The van der Waals surface area contributed by atoms with Gasteiger partial charge >= 0.3 is 0 Å². The number of benzene rings is 2. The lowest BCUT2D eigenvalue weighted by molar-refractivity contribution is 0.102. The van der Waals surface area contributed by atoms with Gasteiger partial charge in [-0.05, 0) is 30.3 Å². The third-order valence-electron chi connectivity index (χ3n) is 3.32. The van der Waals surface area contributed by atoms with Gasteiger partial charge in [-0.15, -0.1) is 0 Å². The zero-order valence-electron chi connectivity index (χ0n) is 13.4. The van der Waals surface area contributed by atoms with E-state index in [0.29, 0.717) is 17.3 Å². The summed E-state index contributed by atoms with van der Waals surface area (Å²) in [6.45, 7) is 0. The van der Waals surface area contributed by atoms with Crippen LogP contribution in [0.5, 0.6) is 5.75 Å². The van der Waals surface area contributed by atoms with Crippen molar-refractivity contribution < 1.29 is 13.9 Å². The molecule has 0 bridgehead atoms. The highest BCUT2D eigenvalue weighted by Gasteiger charge is 2.10. The molecule has 0 saturated heterocycles. The summed E-state index contributed by atoms with van der Waals surface area (Å²) < 4.78 is 18.4. The topological polar surface area (TPSA) is 76.1 Å². The number of halogens is 1. The van der Waals surface area contributed by atoms with Crippen LogP contribution < -0.4 is 15.4 Å². The number of amides is 1. The van der Waals surface area contributed by atoms with Gasteiger partial charge in [-0.1, -0.05) is 12.1 Å². The number of hydrogen-bond donors (Lipinski definition) is 2. The van der Waals surface area contributed by atoms with Crippen LogP contribution >= 0.6 is 0 Å². The van der Waals surface area contributed by atoms with Crippen molar-refractivity contribution in [2.45, 2.75) is 0 Å². The van der Waals surface area contributed by atoms with Crippen LogP contribution in [0, 0.1) is 5.82 Å². The molecule has 0 radical (unpaired) electrons. The molecule has 0 aliphatic carbocycles. The highest BCUT2D eigenvalue weighted by Crippen LogP contribution is 2.20. The summed E-state index contributed by atoms with van der Waals surface area (Å²) in [4.78, 5) is 20.3. The van der Waals surface area contributed by atoms with E-state index in [9.17, 15) is 9.18 Å². The van der Waals surface area contributed by atoms with E-state index in [1.165, 1.54) is 30.6 Å². The molecule has 3 aromatic rings. The number of carbonyl (C=O) groups is 1. The molecule has 1 aromatic heterocycles. The highest BCUT2D eigenvalue weighted by molar-refractivity contribution is 6.03. The van der Waals surface area contributed by atoms with Gasteiger partial charge in [0, 0.05) is 23.5 Å². The first kappa shape index (κ1) is 16.4. The maximum atomic E-state index is 13.2. The molecule has 126 valence electrons. The van der Waals surface area contributed by atoms with Gasteiger partial charge in [-0.3, -0.25) is 4.79 Å². The third-order valence-corrected chi connectivity index (χ3v) is 3.32. The van der Waals surface area contributed by atoms with Gasteiger partial charge < -0.3 is 15.4 Å². The Bertz CT molecular complexity index is 902. The van der Waals surface area contributed by atoms with E-state index in [0.717, 1.165) is 5.69 Å². The fraction of sp³-hybridized carbons (Fsp3) is 0.0556. The van der Waals surface area contributed by atoms with Gasteiger partial charge in [-0.25, -0.2) is 14.4 Å². The molecule has 2 aromatic carbocycles. The standard InChI is InChI=1S/C18H15FN4O2/c1-25-15-7-3-6-14(9-15)22-17-10-16(20-11-21-17)18(24)23-13-5-2-4-12(19)8-13/h2-11H,1H3,(H,23,24)(H,20,21,22). The molecule has 0 atom stereocenters. The molecule has 0 spiro atoms. The molecular weight excluding hydrogens is 323 g/mol. The second-order valence-corrected chi connectivity index (χ2v) is 5.11. The SMILES string of the molecule is COc1cccc(Nc2cc(C(=O)Nc3cccc(F)c3)ncn2)c1. The molecule has 0 saturated carbocycles. The van der Waals surface area contributed by atoms with E-state index in [-0.39, 0.29) is 5.69 Å². The van der Waals surface area contributed by atoms with Crippen LogP contribution in [0.4, 0.5) is 21.6 Å². The maximum absolute atomic E-state index is 13.2. The number of anilines is 3. The van der Waals surface area contributed by atoms with Crippen molar-refractivity contribution in [1.29, 1.82) is 0 Å². The van der Waals surface area contributed by atoms with Crippen molar-refractivity contribution in [3.05, 3.63) is 72.4 Å². The number of methoxy groups -OCH3 is 1. The van der Waals surface area contributed by atoms with Gasteiger partial charge in [-0.2, -0.15) is 0 Å². The van der Waals surface area contributed by atoms with Crippen molar-refractivity contribution in [3.8, 4) is 5.75 Å². The van der Waals surface area contributed by atoms with Crippen LogP contribution in [0.15, 0.2) is 60.9 Å². The minimum Gasteiger partial charge on any atom is -0.497 e. The summed E-state index contributed by atoms with van der Waals surface area (Å²) in [7, 11) is 1.58. The molecule has 1 amide bonds. The van der Waals surface area contributed by atoms with E-state index in [1.54, 1.807) is 19.2 Å². The first-order valence-electron chi connectivity index (χ1n) is 7.44. The zero-order chi connectivity index (χ0) is 17.6. The van der Waals surface area contributed by atoms with Crippen molar-refractivity contribution in [2.75, 3.05) is 17.7 Å². The molecule has 0 fully saturated rings. The minimum atomic E-state index is -0.457. The Hall–Kier alpha value is -3.48. The van der Waals surface area contributed by atoms with E-state index in [1.807, 2.05) is 18.2 Å². The predicted octanol–water partition coefficient (Wildman–Crippen LogP) is 3.62. The number of nitrogens with one attached hydrogen (secondary N) is 2. The lowest BCUT2D eigenvalue weighted by atomic mass is 10.2. The lowest BCUT2D eigenvalue weighted by Crippen LogP contribution is -2.14. The lowest BCUT2D eigenvalue weighted by Gasteiger charge is -2.09. The molecule has 0 aliphatic rings. The third kappa shape index (κ3) is 4.29. The number of ether oxygens (including phenoxy) is 1. The van der Waals surface area contributed by atoms with Crippen LogP contribution in [0.25, 0.3) is 0 Å². The molecule has 7 heteroatoms. The highest BCUT2D eigenvalue weighted by atomic mass is 19.1. The maximum Gasteiger partial charge on any atom is 0.274 e. The largest absolute Gasteiger partial charge is 0.497 e. The number of nitrogens with zero attached hydrogens (tertiary/aromatic N) is 2. The summed E-state index contributed by atoms with van der Waals surface area (Å²) in [5.41, 5.74) is 1.27. The smallest absolute Gasteiger partial charge is 0.274 e. The summed E-state index contributed by atoms with van der Waals surface area (Å²) in [6, 6.07) is 14.5. The Kier molecular flexibility index (Phi) is 4.84. The fourth-order valence-electron chi connectivity index (χ4n) is 2.16. The van der Waals surface area contributed by atoms with Crippen LogP contribution in [-0.2, 0) is 0 Å². The molecule has 1 heterocycles. The van der Waals surface area contributed by atoms with Gasteiger partial charge in [0.1, 0.15) is 29.4 Å². The molecule has 0 aliphatic heterocycles. The van der Waals surface area contributed by atoms with Gasteiger partial charge in [0.05, 0.1) is 7.11 Å². The average molecular weight is 338 g/mol. The summed E-state index contributed by atoms with van der Waals surface area (Å²) in [5.74, 6) is 0.262. The van der Waals surface area contributed by atoms with Crippen molar-refractivity contribution in [3.63, 3.8) is 0 Å². The quantitative estimate of drug-likeness (QED) is 0.743. The number of aromatic nitrogens is 2. The first-order chi connectivity index (χ1) is 12.1. The molecule has 3 rings (SSSR count). The van der Waals surface area contributed by atoms with Gasteiger partial charge in [0.25, 0.3) is 5.91 Å². The first-order valence-corrected chi connectivity index (χ1v) is 7.44. The van der Waals surface area contributed by atoms with E-state index in [4.69, 9.17) is 4.74 Å². The molecule has 2 N–H and O–H groups in total. The van der Waals surface area contributed by atoms with Crippen LogP contribution in [0.2, 0.25) is 0 Å². The summed E-state index contributed by atoms with van der Waals surface area (Å²) in [6.07, 6.45) is 1.28. The van der Waals surface area contributed by atoms with Crippen LogP contribution in [0.1, 0.15) is 10.5 Å². The second-order valence-electron chi connectivity index (χ2n) is 5.11. The number of carbonyl (C=O) groups excluding carboxylic acids is 1. The van der Waals surface area contributed by atoms with Gasteiger partial charge in [0.2, 0.25) is 0 Å². The van der Waals surface area contributed by atoms with Crippen LogP contribution in [0.3, 0.4) is 0 Å². The zero-order valence-corrected chi connectivity index (χ0v) is 13.4. The molecular formula is C18H15FN4O2. The molecule has 6 nitrogen and oxygen atoms in total. The number of hydrogen-bond acceptors (Lipinski definition) is 5. The van der Waals surface area contributed by atoms with E-state index >= 15 is 0 Å². The average Bonchev–Trinajstić information content (AvgIpc) is 2.62. The molecule has 0 unspecified atom stereocenters. The summed E-state index contributed by atoms with van der Waals surface area (Å²) in [5, 5.41) is 5.67. The van der Waals surface area contributed by atoms with E-state index < -0.39 is 11.7 Å². The minimum absolute atomic E-state index is 0.157. The van der Waals surface area contributed by atoms with Crippen molar-refractivity contribution in [2.24, 2.45) is 0 Å². The van der Waals surface area contributed by atoms with E-state index in [2.05, 4.69) is 20.6 Å². The monoisotopic (exact) mass is 338 g/mol. The fourth-order valence-corrected chi connectivity index (χ4v) is 2.16. The van der Waals surface area contributed by atoms with Crippen molar-refractivity contribution in [1.82, 2.24) is 9.97 Å². The Labute approximate surface area is 143 Å². The Balaban J connectivity index is 1.75. The Morgan fingerprint density at radius 1 is 1.04 bits per heavy atom. The molecule has 25 heavy (non-hydrogen) atoms. The normalized spacial score (nSPS) is 10.2. The van der Waals surface area contributed by atoms with Crippen molar-refractivity contribution >= 4 is 23.1 Å². The summed E-state index contributed by atoms with van der Waals surface area (Å²) >= 11 is 0. The predicted molar refractivity (Wildman–Crippen MR) is 92.7 cm³/mol. The second kappa shape index (κ2) is 7.39. The van der Waals surface area contributed by atoms with Gasteiger partial charge in [0.15, 0.2) is 0 Å². The Morgan fingerprint density at radius 3 is 2.64 bits per heavy atom. The number of rotatable bonds is 5. The Morgan fingerprint density at radius 2 is 1.84 bits per heavy atom.